The number of likely N-dealkylation sites (N-methyl/N-ethyl adjacent to an activating group) is 1. The molecule has 1 aliphatic heterocycles. The minimum Gasteiger partial charge on any atom is -0.382 e. The van der Waals surface area contributed by atoms with Crippen LogP contribution < -0.4 is 11.1 Å². The number of nitrogen functional groups attached to an aromatic ring is 1. The molecule has 190 valence electrons. The first kappa shape index (κ1) is 25.5. The number of halogens is 3. The molecule has 14 heteroatoms. The maximum absolute atomic E-state index is 14.0. The molecule has 10 nitrogen and oxygen atoms in total. The summed E-state index contributed by atoms with van der Waals surface area (Å²) >= 11 is 0. The second-order valence-electron chi connectivity index (χ2n) is 8.10. The zero-order valence-electron chi connectivity index (χ0n) is 19.0. The molecule has 1 fully saturated rings. The maximum atomic E-state index is 14.0. The van der Waals surface area contributed by atoms with Crippen molar-refractivity contribution >= 4 is 27.4 Å². The second kappa shape index (κ2) is 9.79. The van der Waals surface area contributed by atoms with E-state index in [0.29, 0.717) is 24.8 Å². The number of sulfonamides is 1. The number of nitrogens with one attached hydrogen (secondary N) is 1. The molecule has 1 aromatic carbocycles. The quantitative estimate of drug-likeness (QED) is 0.523. The van der Waals surface area contributed by atoms with Crippen molar-refractivity contribution < 1.29 is 26.4 Å². The van der Waals surface area contributed by atoms with Crippen molar-refractivity contribution in [1.82, 2.24) is 24.2 Å². The van der Waals surface area contributed by atoms with E-state index < -0.39 is 43.8 Å². The molecule has 0 radical (unpaired) electrons. The number of aromatic nitrogens is 3. The fourth-order valence-electron chi connectivity index (χ4n) is 3.64. The number of amides is 1. The number of carbonyl (C=O) groups excluding carboxylic acids is 1. The van der Waals surface area contributed by atoms with Crippen molar-refractivity contribution in [2.45, 2.75) is 11.1 Å². The molecule has 0 spiro atoms. The van der Waals surface area contributed by atoms with E-state index >= 15 is 0 Å². The van der Waals surface area contributed by atoms with E-state index in [9.17, 15) is 26.4 Å². The topological polar surface area (TPSA) is 134 Å². The predicted octanol–water partition coefficient (Wildman–Crippen LogP) is 2.33. The van der Waals surface area contributed by atoms with Crippen molar-refractivity contribution in [3.63, 3.8) is 0 Å². The molecule has 0 bridgehead atoms. The van der Waals surface area contributed by atoms with Crippen LogP contribution in [0.25, 0.3) is 11.3 Å². The van der Waals surface area contributed by atoms with E-state index in [2.05, 4.69) is 20.3 Å². The number of benzene rings is 1. The van der Waals surface area contributed by atoms with Crippen molar-refractivity contribution in [3.05, 3.63) is 60.2 Å². The van der Waals surface area contributed by atoms with E-state index in [-0.39, 0.29) is 24.6 Å². The van der Waals surface area contributed by atoms with Gasteiger partial charge in [0.2, 0.25) is 10.0 Å². The van der Waals surface area contributed by atoms with Gasteiger partial charge in [-0.1, -0.05) is 6.07 Å². The first-order chi connectivity index (χ1) is 17.0. The van der Waals surface area contributed by atoms with Crippen LogP contribution >= 0.6 is 0 Å². The van der Waals surface area contributed by atoms with Crippen molar-refractivity contribution in [3.8, 4) is 11.3 Å². The van der Waals surface area contributed by atoms with Gasteiger partial charge >= 0.3 is 6.18 Å². The van der Waals surface area contributed by atoms with E-state index in [1.807, 2.05) is 11.9 Å². The average Bonchev–Trinajstić information content (AvgIpc) is 2.84. The predicted molar refractivity (Wildman–Crippen MR) is 125 cm³/mol. The van der Waals surface area contributed by atoms with Gasteiger partial charge in [0.1, 0.15) is 0 Å². The molecule has 0 saturated carbocycles. The highest BCUT2D eigenvalue weighted by Gasteiger charge is 2.37. The Morgan fingerprint density at radius 1 is 1.11 bits per heavy atom. The summed E-state index contributed by atoms with van der Waals surface area (Å²) in [7, 11) is -2.32. The van der Waals surface area contributed by atoms with Gasteiger partial charge in [0, 0.05) is 37.9 Å². The molecule has 3 aromatic rings. The Bertz CT molecular complexity index is 1380. The van der Waals surface area contributed by atoms with Gasteiger partial charge in [-0.3, -0.25) is 9.78 Å². The second-order valence-corrected chi connectivity index (χ2v) is 10.0. The molecule has 2 aromatic heterocycles. The SMILES string of the molecule is CN1CCN(S(=O)(=O)c2ccc(-c3cnc(N)c(C(=O)Nc4cccnc4)n3)c(C(F)(F)F)c2)CC1. The molecule has 1 saturated heterocycles. The number of hydrogen-bond acceptors (Lipinski definition) is 8. The molecule has 0 unspecified atom stereocenters. The molecule has 0 atom stereocenters. The summed E-state index contributed by atoms with van der Waals surface area (Å²) in [5.41, 5.74) is 3.73. The Hall–Kier alpha value is -3.62. The smallest absolute Gasteiger partial charge is 0.382 e. The van der Waals surface area contributed by atoms with Crippen LogP contribution in [0.15, 0.2) is 53.8 Å². The molecular formula is C22H22F3N7O3S. The lowest BCUT2D eigenvalue weighted by atomic mass is 10.0. The van der Waals surface area contributed by atoms with Crippen LogP contribution in [-0.4, -0.2) is 71.7 Å². The molecule has 1 aliphatic rings. The Morgan fingerprint density at radius 3 is 2.47 bits per heavy atom. The third kappa shape index (κ3) is 5.29. The lowest BCUT2D eigenvalue weighted by Crippen LogP contribution is -2.47. The van der Waals surface area contributed by atoms with Crippen LogP contribution in [0.1, 0.15) is 16.1 Å². The number of carbonyl (C=O) groups is 1. The minimum atomic E-state index is -4.91. The fourth-order valence-corrected chi connectivity index (χ4v) is 5.09. The highest BCUT2D eigenvalue weighted by molar-refractivity contribution is 7.89. The summed E-state index contributed by atoms with van der Waals surface area (Å²) in [4.78, 5) is 25.8. The lowest BCUT2D eigenvalue weighted by molar-refractivity contribution is -0.137. The standard InChI is InChI=1S/C22H22F3N7O3S/c1-31-7-9-32(10-8-31)36(34,35)15-4-5-16(17(11-15)22(23,24)25)18-13-28-20(26)19(30-18)21(33)29-14-3-2-6-27-12-14/h2-6,11-13H,7-10H2,1H3,(H2,26,28)(H,29,33). The van der Waals surface area contributed by atoms with Gasteiger partial charge in [-0.2, -0.15) is 17.5 Å². The van der Waals surface area contributed by atoms with Crippen molar-refractivity contribution in [2.75, 3.05) is 44.3 Å². The summed E-state index contributed by atoms with van der Waals surface area (Å²) in [6.45, 7) is 1.27. The first-order valence-electron chi connectivity index (χ1n) is 10.7. The zero-order valence-corrected chi connectivity index (χ0v) is 19.8. The molecule has 1 amide bonds. The largest absolute Gasteiger partial charge is 0.417 e. The van der Waals surface area contributed by atoms with Gasteiger partial charge in [0.15, 0.2) is 11.5 Å². The summed E-state index contributed by atoms with van der Waals surface area (Å²) in [5, 5.41) is 2.50. The van der Waals surface area contributed by atoms with Crippen molar-refractivity contribution in [1.29, 1.82) is 0 Å². The third-order valence-corrected chi connectivity index (χ3v) is 7.50. The van der Waals surface area contributed by atoms with E-state index in [1.54, 1.807) is 12.1 Å². The van der Waals surface area contributed by atoms with Gasteiger partial charge in [-0.15, -0.1) is 0 Å². The van der Waals surface area contributed by atoms with E-state index in [0.717, 1.165) is 22.6 Å². The highest BCUT2D eigenvalue weighted by Crippen LogP contribution is 2.38. The Balaban J connectivity index is 1.72. The summed E-state index contributed by atoms with van der Waals surface area (Å²) in [5.74, 6) is -1.08. The van der Waals surface area contributed by atoms with Gasteiger partial charge in [-0.25, -0.2) is 18.4 Å². The average molecular weight is 522 g/mol. The number of pyridine rings is 1. The van der Waals surface area contributed by atoms with Gasteiger partial charge in [0.05, 0.1) is 34.2 Å². The van der Waals surface area contributed by atoms with Gasteiger partial charge < -0.3 is 16.0 Å². The van der Waals surface area contributed by atoms with Crippen LogP contribution in [0.5, 0.6) is 0 Å². The van der Waals surface area contributed by atoms with Crippen LogP contribution in [0.4, 0.5) is 24.7 Å². The van der Waals surface area contributed by atoms with E-state index in [4.69, 9.17) is 5.73 Å². The number of nitrogens with two attached hydrogens (primary N) is 1. The molecule has 0 aliphatic carbocycles. The number of nitrogens with zero attached hydrogens (tertiary/aromatic N) is 5. The number of anilines is 2. The summed E-state index contributed by atoms with van der Waals surface area (Å²) in [6.07, 6.45) is -1.05. The minimum absolute atomic E-state index is 0.167. The normalized spacial score (nSPS) is 15.6. The molecule has 3 heterocycles. The number of alkyl halides is 3. The first-order valence-corrected chi connectivity index (χ1v) is 12.1. The van der Waals surface area contributed by atoms with Crippen LogP contribution in [0.2, 0.25) is 0 Å². The Kier molecular flexibility index (Phi) is 6.93. The number of rotatable bonds is 5. The Morgan fingerprint density at radius 2 is 1.83 bits per heavy atom. The molecular weight excluding hydrogens is 499 g/mol. The van der Waals surface area contributed by atoms with Crippen LogP contribution in [-0.2, 0) is 16.2 Å². The van der Waals surface area contributed by atoms with Gasteiger partial charge in [0.25, 0.3) is 5.91 Å². The van der Waals surface area contributed by atoms with Crippen LogP contribution in [0.3, 0.4) is 0 Å². The third-order valence-electron chi connectivity index (χ3n) is 5.61. The summed E-state index contributed by atoms with van der Waals surface area (Å²) < 4.78 is 69.3. The lowest BCUT2D eigenvalue weighted by Gasteiger charge is -2.31. The molecule has 3 N–H and O–H groups in total. The van der Waals surface area contributed by atoms with E-state index in [1.165, 1.54) is 12.4 Å². The summed E-state index contributed by atoms with van der Waals surface area (Å²) in [6, 6.07) is 5.81. The Labute approximate surface area is 205 Å². The van der Waals surface area contributed by atoms with Crippen LogP contribution in [0, 0.1) is 0 Å². The molecule has 4 rings (SSSR count). The monoisotopic (exact) mass is 521 g/mol. The number of piperazine rings is 1. The highest BCUT2D eigenvalue weighted by atomic mass is 32.2. The van der Waals surface area contributed by atoms with Gasteiger partial charge in [-0.05, 0) is 31.3 Å². The van der Waals surface area contributed by atoms with Crippen molar-refractivity contribution in [2.24, 2.45) is 0 Å². The zero-order chi connectivity index (χ0) is 26.1. The fraction of sp³-hybridized carbons (Fsp3) is 0.273. The molecule has 36 heavy (non-hydrogen) atoms. The maximum Gasteiger partial charge on any atom is 0.417 e. The number of hydrogen-bond donors (Lipinski definition) is 2.